The van der Waals surface area contributed by atoms with Crippen LogP contribution in [0.2, 0.25) is 0 Å². The smallest absolute Gasteiger partial charge is 0.359 e. The second-order valence-corrected chi connectivity index (χ2v) is 9.88. The average molecular weight is 475 g/mol. The summed E-state index contributed by atoms with van der Waals surface area (Å²) >= 11 is 0. The van der Waals surface area contributed by atoms with Gasteiger partial charge < -0.3 is 14.7 Å². The molecule has 2 saturated heterocycles. The number of likely N-dealkylation sites (N-methyl/N-ethyl adjacent to an activating group) is 1. The molecule has 0 bridgehead atoms. The lowest BCUT2D eigenvalue weighted by Crippen LogP contribution is -2.46. The zero-order valence-electron chi connectivity index (χ0n) is 19.4. The first-order valence-corrected chi connectivity index (χ1v) is 11.6. The first-order valence-electron chi connectivity index (χ1n) is 11.6. The molecule has 1 aromatic rings. The molecule has 1 aliphatic carbocycles. The Hall–Kier alpha value is -3.02. The number of piperidine rings is 1. The number of rotatable bonds is 3. The first-order chi connectivity index (χ1) is 16.0. The highest BCUT2D eigenvalue weighted by Gasteiger charge is 2.49. The fraction of sp³-hybridized carbons (Fsp3) is 0.560. The van der Waals surface area contributed by atoms with Gasteiger partial charge in [-0.05, 0) is 55.7 Å². The van der Waals surface area contributed by atoms with Crippen LogP contribution in [0.3, 0.4) is 0 Å². The Kier molecular flexibility index (Phi) is 6.36. The molecular formula is C25H29F3N4O2. The number of carbonyl (C=O) groups excluding carboxylic acids is 2. The monoisotopic (exact) mass is 474 g/mol. The Balaban J connectivity index is 1.58. The van der Waals surface area contributed by atoms with Gasteiger partial charge in [-0.1, -0.05) is 12.2 Å². The number of amides is 2. The van der Waals surface area contributed by atoms with Crippen molar-refractivity contribution in [2.45, 2.75) is 44.3 Å². The molecule has 2 fully saturated rings. The predicted molar refractivity (Wildman–Crippen MR) is 121 cm³/mol. The Morgan fingerprint density at radius 1 is 1.15 bits per heavy atom. The van der Waals surface area contributed by atoms with Crippen molar-refractivity contribution in [3.8, 4) is 6.07 Å². The van der Waals surface area contributed by atoms with E-state index in [4.69, 9.17) is 5.26 Å². The van der Waals surface area contributed by atoms with Crippen molar-refractivity contribution in [3.63, 3.8) is 0 Å². The molecule has 2 amide bonds. The van der Waals surface area contributed by atoms with E-state index < -0.39 is 23.3 Å². The van der Waals surface area contributed by atoms with Gasteiger partial charge >= 0.3 is 6.18 Å². The van der Waals surface area contributed by atoms with Gasteiger partial charge in [-0.3, -0.25) is 9.59 Å². The van der Waals surface area contributed by atoms with Crippen molar-refractivity contribution in [2.75, 3.05) is 38.6 Å². The van der Waals surface area contributed by atoms with Gasteiger partial charge in [-0.2, -0.15) is 18.4 Å². The number of benzene rings is 1. The van der Waals surface area contributed by atoms with Crippen molar-refractivity contribution in [2.24, 2.45) is 11.3 Å². The van der Waals surface area contributed by atoms with Gasteiger partial charge in [0.1, 0.15) is 6.04 Å². The third kappa shape index (κ3) is 4.50. The number of nitrogens with zero attached hydrogens (tertiary/aromatic N) is 4. The molecule has 0 N–H and O–H groups in total. The maximum Gasteiger partial charge on any atom is 0.417 e. The number of anilines is 1. The molecular weight excluding hydrogens is 445 g/mol. The van der Waals surface area contributed by atoms with Crippen molar-refractivity contribution in [1.82, 2.24) is 9.80 Å². The molecule has 1 aromatic carbocycles. The van der Waals surface area contributed by atoms with E-state index >= 15 is 0 Å². The highest BCUT2D eigenvalue weighted by Crippen LogP contribution is 2.46. The van der Waals surface area contributed by atoms with E-state index in [0.29, 0.717) is 44.6 Å². The second kappa shape index (κ2) is 8.97. The van der Waals surface area contributed by atoms with Gasteiger partial charge in [-0.25, -0.2) is 0 Å². The first kappa shape index (κ1) is 24.1. The number of halogens is 3. The number of hydrogen-bond acceptors (Lipinski definition) is 4. The minimum atomic E-state index is -4.67. The predicted octanol–water partition coefficient (Wildman–Crippen LogP) is 3.82. The molecule has 0 aromatic heterocycles. The normalized spacial score (nSPS) is 22.3. The highest BCUT2D eigenvalue weighted by atomic mass is 19.4. The van der Waals surface area contributed by atoms with Gasteiger partial charge in [0, 0.05) is 45.3 Å². The molecule has 0 radical (unpaired) electrons. The lowest BCUT2D eigenvalue weighted by Gasteiger charge is -2.40. The zero-order valence-corrected chi connectivity index (χ0v) is 19.4. The fourth-order valence-corrected chi connectivity index (χ4v) is 5.53. The second-order valence-electron chi connectivity index (χ2n) is 9.88. The maximum absolute atomic E-state index is 13.6. The number of hydrogen-bond donors (Lipinski definition) is 0. The number of alkyl halides is 3. The summed E-state index contributed by atoms with van der Waals surface area (Å²) in [7, 11) is 3.28. The molecule has 2 heterocycles. The van der Waals surface area contributed by atoms with E-state index in [1.54, 1.807) is 25.1 Å². The Morgan fingerprint density at radius 3 is 2.35 bits per heavy atom. The van der Waals surface area contributed by atoms with E-state index in [1.165, 1.54) is 17.0 Å². The van der Waals surface area contributed by atoms with Crippen molar-refractivity contribution in [3.05, 3.63) is 41.5 Å². The summed E-state index contributed by atoms with van der Waals surface area (Å²) in [6.45, 7) is 1.62. The molecule has 34 heavy (non-hydrogen) atoms. The summed E-state index contributed by atoms with van der Waals surface area (Å²) in [6.07, 6.45) is 2.88. The van der Waals surface area contributed by atoms with Crippen LogP contribution >= 0.6 is 0 Å². The van der Waals surface area contributed by atoms with Crippen LogP contribution in [0, 0.1) is 22.7 Å². The maximum atomic E-state index is 13.6. The van der Waals surface area contributed by atoms with Crippen LogP contribution in [0.1, 0.15) is 43.2 Å². The largest absolute Gasteiger partial charge is 0.417 e. The standard InChI is InChI=1S/C25H29F3N4O2/c1-30(2)23(34)21-14-24(9-11-31(12-10-24)22(33)17-5-3-4-6-17)16-32(21)19-8-7-18(15-29)20(13-19)25(26,27)28/h3-4,7-8,13,17,21H,5-6,9-12,14,16H2,1-2H3. The molecule has 1 unspecified atom stereocenters. The fourth-order valence-electron chi connectivity index (χ4n) is 5.53. The van der Waals surface area contributed by atoms with Gasteiger partial charge in [0.05, 0.1) is 17.2 Å². The van der Waals surface area contributed by atoms with Crippen molar-refractivity contribution >= 4 is 17.5 Å². The van der Waals surface area contributed by atoms with Crippen LogP contribution in [-0.4, -0.2) is 61.4 Å². The molecule has 2 aliphatic heterocycles. The Bertz CT molecular complexity index is 1030. The third-order valence-electron chi connectivity index (χ3n) is 7.49. The number of likely N-dealkylation sites (tertiary alicyclic amines) is 1. The SMILES string of the molecule is CN(C)C(=O)C1CC2(CCN(C(=O)C3CC=CC3)CC2)CN1c1ccc(C#N)c(C(F)(F)F)c1. The van der Waals surface area contributed by atoms with E-state index in [0.717, 1.165) is 18.9 Å². The van der Waals surface area contributed by atoms with Gasteiger partial charge in [0.15, 0.2) is 0 Å². The zero-order chi connectivity index (χ0) is 24.7. The lowest BCUT2D eigenvalue weighted by molar-refractivity contribution is -0.138. The van der Waals surface area contributed by atoms with E-state index in [1.807, 2.05) is 17.1 Å². The summed E-state index contributed by atoms with van der Waals surface area (Å²) in [6, 6.07) is 4.68. The van der Waals surface area contributed by atoms with Crippen LogP contribution in [0.25, 0.3) is 0 Å². The van der Waals surface area contributed by atoms with Crippen molar-refractivity contribution in [1.29, 1.82) is 5.26 Å². The van der Waals surface area contributed by atoms with E-state index in [-0.39, 0.29) is 23.1 Å². The third-order valence-corrected chi connectivity index (χ3v) is 7.49. The van der Waals surface area contributed by atoms with Gasteiger partial charge in [-0.15, -0.1) is 0 Å². The Labute approximate surface area is 197 Å². The van der Waals surface area contributed by atoms with Gasteiger partial charge in [0.2, 0.25) is 11.8 Å². The lowest BCUT2D eigenvalue weighted by atomic mass is 9.76. The van der Waals surface area contributed by atoms with Crippen molar-refractivity contribution < 1.29 is 22.8 Å². The van der Waals surface area contributed by atoms with Crippen LogP contribution in [0.4, 0.5) is 18.9 Å². The molecule has 3 aliphatic rings. The Morgan fingerprint density at radius 2 is 1.79 bits per heavy atom. The quantitative estimate of drug-likeness (QED) is 0.625. The molecule has 0 saturated carbocycles. The molecule has 1 spiro atoms. The summed E-state index contributed by atoms with van der Waals surface area (Å²) in [4.78, 5) is 31.0. The molecule has 4 rings (SSSR count). The molecule has 9 heteroatoms. The minimum Gasteiger partial charge on any atom is -0.359 e. The van der Waals surface area contributed by atoms with Gasteiger partial charge in [0.25, 0.3) is 0 Å². The molecule has 6 nitrogen and oxygen atoms in total. The van der Waals surface area contributed by atoms with Crippen LogP contribution in [0.15, 0.2) is 30.4 Å². The van der Waals surface area contributed by atoms with Crippen LogP contribution in [0.5, 0.6) is 0 Å². The number of nitriles is 1. The topological polar surface area (TPSA) is 67.7 Å². The summed E-state index contributed by atoms with van der Waals surface area (Å²) in [5.41, 5.74) is -1.39. The summed E-state index contributed by atoms with van der Waals surface area (Å²) in [5.74, 6) is 0.0134. The number of carbonyl (C=O) groups is 2. The molecule has 182 valence electrons. The average Bonchev–Trinajstić information content (AvgIpc) is 3.46. The minimum absolute atomic E-state index is 0.0108. The van der Waals surface area contributed by atoms with Crippen LogP contribution in [-0.2, 0) is 15.8 Å². The van der Waals surface area contributed by atoms with Crippen LogP contribution < -0.4 is 4.90 Å². The van der Waals surface area contributed by atoms with E-state index in [9.17, 15) is 22.8 Å². The summed E-state index contributed by atoms with van der Waals surface area (Å²) in [5, 5.41) is 9.14. The molecule has 1 atom stereocenters. The highest BCUT2D eigenvalue weighted by molar-refractivity contribution is 5.86. The summed E-state index contributed by atoms with van der Waals surface area (Å²) < 4.78 is 40.8. The number of allylic oxidation sites excluding steroid dienone is 2. The van der Waals surface area contributed by atoms with E-state index in [2.05, 4.69) is 0 Å².